The van der Waals surface area contributed by atoms with Crippen LogP contribution in [0.15, 0.2) is 66.7 Å². The number of nitrogens with zero attached hydrogens (tertiary/aromatic N) is 2. The van der Waals surface area contributed by atoms with Gasteiger partial charge >= 0.3 is 0 Å². The van der Waals surface area contributed by atoms with Crippen LogP contribution in [0.4, 0.5) is 0 Å². The maximum Gasteiger partial charge on any atom is 0.275 e. The number of hydrogen-bond donors (Lipinski definition) is 0. The van der Waals surface area contributed by atoms with Gasteiger partial charge in [0, 0.05) is 5.56 Å². The minimum Gasteiger partial charge on any atom is -0.292 e. The van der Waals surface area contributed by atoms with Crippen molar-refractivity contribution in [2.45, 2.75) is 32.7 Å². The van der Waals surface area contributed by atoms with Crippen LogP contribution in [-0.2, 0) is 9.59 Å². The van der Waals surface area contributed by atoms with E-state index in [9.17, 15) is 19.2 Å². The number of fused-ring (bicyclic) bond motifs is 1. The van der Waals surface area contributed by atoms with E-state index < -0.39 is 35.6 Å². The molecule has 0 saturated carbocycles. The summed E-state index contributed by atoms with van der Waals surface area (Å²) in [5.74, 6) is -3.18. The first kappa shape index (κ1) is 22.9. The maximum atomic E-state index is 13.8. The highest BCUT2D eigenvalue weighted by Crippen LogP contribution is 2.40. The average molecular weight is 465 g/mol. The molecule has 1 saturated heterocycles. The van der Waals surface area contributed by atoms with Crippen LogP contribution in [0.25, 0.3) is 0 Å². The Balaban J connectivity index is 1.82. The molecule has 0 bridgehead atoms. The van der Waals surface area contributed by atoms with Crippen molar-refractivity contribution in [3.63, 3.8) is 0 Å². The summed E-state index contributed by atoms with van der Waals surface area (Å²) < 4.78 is 0. The predicted molar refractivity (Wildman–Crippen MR) is 124 cm³/mol. The SMILES string of the molecule is CC[C@H](C(=O)c1ccccc1)N(C(=O)c1ccccc1Cl)N1C(=O)[C@H]2[C@@H](C)C=CC[C@H]2C1=O. The minimum atomic E-state index is -1.05. The van der Waals surface area contributed by atoms with Gasteiger partial charge in [0.15, 0.2) is 5.78 Å². The average Bonchev–Trinajstić information content (AvgIpc) is 3.08. The molecule has 7 heteroatoms. The maximum absolute atomic E-state index is 13.8. The molecule has 6 nitrogen and oxygen atoms in total. The van der Waals surface area contributed by atoms with E-state index in [0.29, 0.717) is 12.0 Å². The van der Waals surface area contributed by atoms with Gasteiger partial charge in [-0.25, -0.2) is 5.01 Å². The van der Waals surface area contributed by atoms with Crippen LogP contribution >= 0.6 is 11.6 Å². The zero-order chi connectivity index (χ0) is 23.7. The van der Waals surface area contributed by atoms with E-state index in [1.807, 2.05) is 19.1 Å². The molecule has 2 aromatic rings. The van der Waals surface area contributed by atoms with Crippen LogP contribution in [0.5, 0.6) is 0 Å². The Morgan fingerprint density at radius 3 is 2.36 bits per heavy atom. The summed E-state index contributed by atoms with van der Waals surface area (Å²) in [5.41, 5.74) is 0.521. The highest BCUT2D eigenvalue weighted by Gasteiger charge is 2.54. The van der Waals surface area contributed by atoms with Crippen LogP contribution in [0, 0.1) is 17.8 Å². The molecule has 2 aliphatic rings. The third-order valence-corrected chi connectivity index (χ3v) is 6.75. The fourth-order valence-corrected chi connectivity index (χ4v) is 4.95. The lowest BCUT2D eigenvalue weighted by atomic mass is 9.78. The summed E-state index contributed by atoms with van der Waals surface area (Å²) in [6, 6.07) is 13.9. The molecule has 3 amide bonds. The van der Waals surface area contributed by atoms with Gasteiger partial charge in [0.1, 0.15) is 6.04 Å². The van der Waals surface area contributed by atoms with Crippen molar-refractivity contribution < 1.29 is 19.2 Å². The van der Waals surface area contributed by atoms with Gasteiger partial charge in [0.25, 0.3) is 17.7 Å². The molecule has 1 aliphatic carbocycles. The number of Topliss-reactive ketones (excluding diaryl/α,β-unsaturated/α-hetero) is 1. The van der Waals surface area contributed by atoms with E-state index in [0.717, 1.165) is 10.0 Å². The lowest BCUT2D eigenvalue weighted by Crippen LogP contribution is -2.57. The minimum absolute atomic E-state index is 0.125. The van der Waals surface area contributed by atoms with Gasteiger partial charge in [-0.15, -0.1) is 0 Å². The third kappa shape index (κ3) is 4.00. The standard InChI is InChI=1S/C26H25ClN2O4/c1-3-21(23(30)17-11-5-4-6-12-17)28(24(31)18-13-7-8-15-20(18)27)29-25(32)19-14-9-10-16(2)22(19)26(29)33/h4-13,15-16,19,21-22H,3,14H2,1-2H3/t16-,19+,21+,22-/m0/s1. The van der Waals surface area contributed by atoms with Crippen LogP contribution in [0.3, 0.4) is 0 Å². The lowest BCUT2D eigenvalue weighted by Gasteiger charge is -2.36. The number of rotatable bonds is 6. The molecule has 170 valence electrons. The first-order valence-corrected chi connectivity index (χ1v) is 11.5. The number of imide groups is 1. The summed E-state index contributed by atoms with van der Waals surface area (Å²) >= 11 is 6.30. The van der Waals surface area contributed by atoms with Gasteiger partial charge in [0.05, 0.1) is 22.4 Å². The lowest BCUT2D eigenvalue weighted by molar-refractivity contribution is -0.156. The molecule has 2 aromatic carbocycles. The van der Waals surface area contributed by atoms with Crippen molar-refractivity contribution in [1.82, 2.24) is 10.0 Å². The highest BCUT2D eigenvalue weighted by atomic mass is 35.5. The van der Waals surface area contributed by atoms with Gasteiger partial charge in [-0.2, -0.15) is 5.01 Å². The van der Waals surface area contributed by atoms with E-state index in [1.165, 1.54) is 6.07 Å². The molecule has 0 unspecified atom stereocenters. The van der Waals surface area contributed by atoms with Crippen LogP contribution in [-0.4, -0.2) is 39.6 Å². The fourth-order valence-electron chi connectivity index (χ4n) is 4.74. The predicted octanol–water partition coefficient (Wildman–Crippen LogP) is 4.56. The molecule has 1 heterocycles. The molecule has 1 fully saturated rings. The summed E-state index contributed by atoms with van der Waals surface area (Å²) in [5, 5.41) is 2.15. The van der Waals surface area contributed by atoms with Gasteiger partial charge in [0.2, 0.25) is 0 Å². The number of hydrazine groups is 1. The number of carbonyl (C=O) groups excluding carboxylic acids is 4. The number of allylic oxidation sites excluding steroid dienone is 2. The first-order valence-electron chi connectivity index (χ1n) is 11.1. The fraction of sp³-hybridized carbons (Fsp3) is 0.308. The molecule has 0 aromatic heterocycles. The second kappa shape index (κ2) is 9.32. The van der Waals surface area contributed by atoms with Crippen molar-refractivity contribution in [2.24, 2.45) is 17.8 Å². The zero-order valence-corrected chi connectivity index (χ0v) is 19.2. The number of hydrogen-bond acceptors (Lipinski definition) is 4. The second-order valence-electron chi connectivity index (χ2n) is 8.43. The number of ketones is 1. The van der Waals surface area contributed by atoms with Crippen LogP contribution in [0.1, 0.15) is 47.4 Å². The molecular weight excluding hydrogens is 440 g/mol. The van der Waals surface area contributed by atoms with E-state index in [-0.39, 0.29) is 28.7 Å². The second-order valence-corrected chi connectivity index (χ2v) is 8.83. The number of benzene rings is 2. The normalized spacial score (nSPS) is 22.8. The van der Waals surface area contributed by atoms with Crippen molar-refractivity contribution in [3.05, 3.63) is 82.9 Å². The Labute approximate surface area is 197 Å². The van der Waals surface area contributed by atoms with Gasteiger partial charge < -0.3 is 0 Å². The van der Waals surface area contributed by atoms with Crippen molar-refractivity contribution >= 4 is 35.1 Å². The zero-order valence-electron chi connectivity index (χ0n) is 18.5. The Morgan fingerprint density at radius 1 is 1.06 bits per heavy atom. The van der Waals surface area contributed by atoms with E-state index in [4.69, 9.17) is 11.6 Å². The Morgan fingerprint density at radius 2 is 1.73 bits per heavy atom. The summed E-state index contributed by atoms with van der Waals surface area (Å²) in [6.45, 7) is 3.63. The van der Waals surface area contributed by atoms with E-state index in [1.54, 1.807) is 55.5 Å². The number of carbonyl (C=O) groups is 4. The van der Waals surface area contributed by atoms with Crippen molar-refractivity contribution in [2.75, 3.05) is 0 Å². The molecule has 33 heavy (non-hydrogen) atoms. The monoisotopic (exact) mass is 464 g/mol. The molecule has 4 rings (SSSR count). The largest absolute Gasteiger partial charge is 0.292 e. The molecular formula is C26H25ClN2O4. The third-order valence-electron chi connectivity index (χ3n) is 6.42. The summed E-state index contributed by atoms with van der Waals surface area (Å²) in [6.07, 6.45) is 4.45. The quantitative estimate of drug-likeness (QED) is 0.357. The molecule has 4 atom stereocenters. The van der Waals surface area contributed by atoms with E-state index in [2.05, 4.69) is 0 Å². The summed E-state index contributed by atoms with van der Waals surface area (Å²) in [4.78, 5) is 54.3. The van der Waals surface area contributed by atoms with Crippen molar-refractivity contribution in [3.8, 4) is 0 Å². The molecule has 0 spiro atoms. The first-order chi connectivity index (χ1) is 15.9. The van der Waals surface area contributed by atoms with Crippen molar-refractivity contribution in [1.29, 1.82) is 0 Å². The molecule has 1 aliphatic heterocycles. The van der Waals surface area contributed by atoms with E-state index >= 15 is 0 Å². The van der Waals surface area contributed by atoms with Crippen LogP contribution < -0.4 is 0 Å². The summed E-state index contributed by atoms with van der Waals surface area (Å²) in [7, 11) is 0. The molecule has 0 N–H and O–H groups in total. The van der Waals surface area contributed by atoms with Crippen LogP contribution in [0.2, 0.25) is 5.02 Å². The van der Waals surface area contributed by atoms with Gasteiger partial charge in [-0.05, 0) is 30.9 Å². The Bertz CT molecular complexity index is 1130. The number of halogens is 1. The topological polar surface area (TPSA) is 74.8 Å². The smallest absolute Gasteiger partial charge is 0.275 e. The Hall–Kier alpha value is -3.25. The molecule has 0 radical (unpaired) electrons. The van der Waals surface area contributed by atoms with Gasteiger partial charge in [-0.1, -0.05) is 80.1 Å². The Kier molecular flexibility index (Phi) is 6.47. The number of amides is 3. The highest BCUT2D eigenvalue weighted by molar-refractivity contribution is 6.34. The van der Waals surface area contributed by atoms with Gasteiger partial charge in [-0.3, -0.25) is 19.2 Å².